The Hall–Kier alpha value is -2.60. The summed E-state index contributed by atoms with van der Waals surface area (Å²) >= 11 is 0. The molecule has 6 heteroatoms. The van der Waals surface area contributed by atoms with E-state index < -0.39 is 0 Å². The second kappa shape index (κ2) is 9.92. The van der Waals surface area contributed by atoms with E-state index in [-0.39, 0.29) is 12.1 Å². The molecular formula is C21H27N3O3. The van der Waals surface area contributed by atoms with Gasteiger partial charge in [0, 0.05) is 32.0 Å². The molecule has 0 atom stereocenters. The molecule has 1 saturated heterocycles. The topological polar surface area (TPSA) is 63.7 Å². The summed E-state index contributed by atoms with van der Waals surface area (Å²) in [6.07, 6.45) is 6.25. The van der Waals surface area contributed by atoms with Crippen molar-refractivity contribution in [3.8, 4) is 5.75 Å². The van der Waals surface area contributed by atoms with Crippen LogP contribution in [0.25, 0.3) is 0 Å². The quantitative estimate of drug-likeness (QED) is 0.815. The van der Waals surface area contributed by atoms with Gasteiger partial charge in [-0.05, 0) is 42.5 Å². The summed E-state index contributed by atoms with van der Waals surface area (Å²) in [7, 11) is 1.66. The van der Waals surface area contributed by atoms with Crippen LogP contribution < -0.4 is 10.1 Å². The molecule has 0 radical (unpaired) electrons. The van der Waals surface area contributed by atoms with Gasteiger partial charge in [0.05, 0.1) is 19.8 Å². The number of pyridine rings is 1. The van der Waals surface area contributed by atoms with Crippen LogP contribution in [-0.4, -0.2) is 48.8 Å². The van der Waals surface area contributed by atoms with Crippen LogP contribution in [0, 0.1) is 0 Å². The summed E-state index contributed by atoms with van der Waals surface area (Å²) in [6, 6.07) is 11.8. The van der Waals surface area contributed by atoms with Gasteiger partial charge in [-0.15, -0.1) is 0 Å². The van der Waals surface area contributed by atoms with Crippen molar-refractivity contribution >= 4 is 6.03 Å². The minimum atomic E-state index is -0.00407. The second-order valence-corrected chi connectivity index (χ2v) is 6.65. The van der Waals surface area contributed by atoms with E-state index in [2.05, 4.69) is 10.3 Å². The number of ether oxygens (including phenoxy) is 2. The van der Waals surface area contributed by atoms with E-state index in [1.807, 2.05) is 47.5 Å². The van der Waals surface area contributed by atoms with Crippen molar-refractivity contribution in [1.29, 1.82) is 0 Å². The molecule has 1 N–H and O–H groups in total. The fraction of sp³-hybridized carbons (Fsp3) is 0.429. The molecule has 2 heterocycles. The summed E-state index contributed by atoms with van der Waals surface area (Å²) in [5, 5.41) is 3.01. The molecule has 1 fully saturated rings. The maximum absolute atomic E-state index is 12.4. The largest absolute Gasteiger partial charge is 0.496 e. The van der Waals surface area contributed by atoms with Gasteiger partial charge in [-0.3, -0.25) is 4.98 Å². The Kier molecular flexibility index (Phi) is 7.04. The van der Waals surface area contributed by atoms with Crippen molar-refractivity contribution in [2.45, 2.75) is 32.0 Å². The number of methoxy groups -OCH3 is 1. The van der Waals surface area contributed by atoms with Gasteiger partial charge in [-0.2, -0.15) is 0 Å². The van der Waals surface area contributed by atoms with Crippen molar-refractivity contribution < 1.29 is 14.3 Å². The maximum Gasteiger partial charge on any atom is 0.317 e. The summed E-state index contributed by atoms with van der Waals surface area (Å²) in [6.45, 7) is 2.61. The number of carbonyl (C=O) groups is 1. The fourth-order valence-electron chi connectivity index (χ4n) is 3.25. The van der Waals surface area contributed by atoms with Crippen LogP contribution in [0.2, 0.25) is 0 Å². The zero-order chi connectivity index (χ0) is 18.9. The summed E-state index contributed by atoms with van der Waals surface area (Å²) in [5.74, 6) is 0.860. The van der Waals surface area contributed by atoms with Crippen LogP contribution in [-0.2, 0) is 17.8 Å². The molecule has 3 rings (SSSR count). The maximum atomic E-state index is 12.4. The Bertz CT molecular complexity index is 716. The Labute approximate surface area is 160 Å². The average molecular weight is 369 g/mol. The number of urea groups is 1. The molecule has 1 aliphatic rings. The molecule has 0 unspecified atom stereocenters. The van der Waals surface area contributed by atoms with Crippen molar-refractivity contribution in [3.63, 3.8) is 0 Å². The molecule has 0 spiro atoms. The Balaban J connectivity index is 1.36. The normalized spacial score (nSPS) is 14.8. The number of likely N-dealkylation sites (tertiary alicyclic amines) is 1. The van der Waals surface area contributed by atoms with Gasteiger partial charge in [-0.25, -0.2) is 4.79 Å². The molecule has 1 aliphatic heterocycles. The highest BCUT2D eigenvalue weighted by Crippen LogP contribution is 2.18. The molecule has 6 nitrogen and oxygen atoms in total. The first-order valence-corrected chi connectivity index (χ1v) is 9.41. The molecule has 2 amide bonds. The SMILES string of the molecule is COc1ccccc1CCNC(=O)N1CCC(OCc2cccnc2)CC1. The number of nitrogens with one attached hydrogen (secondary N) is 1. The number of carbonyl (C=O) groups excluding carboxylic acids is 1. The van der Waals surface area contributed by atoms with Crippen LogP contribution in [0.4, 0.5) is 4.79 Å². The zero-order valence-corrected chi connectivity index (χ0v) is 15.8. The zero-order valence-electron chi connectivity index (χ0n) is 15.8. The first-order chi connectivity index (χ1) is 13.3. The third kappa shape index (κ3) is 5.69. The van der Waals surface area contributed by atoms with E-state index in [0.29, 0.717) is 13.2 Å². The molecule has 1 aromatic heterocycles. The summed E-state index contributed by atoms with van der Waals surface area (Å²) in [4.78, 5) is 18.3. The molecule has 27 heavy (non-hydrogen) atoms. The summed E-state index contributed by atoms with van der Waals surface area (Å²) < 4.78 is 11.3. The second-order valence-electron chi connectivity index (χ2n) is 6.65. The van der Waals surface area contributed by atoms with Crippen molar-refractivity contribution in [2.75, 3.05) is 26.7 Å². The third-order valence-electron chi connectivity index (χ3n) is 4.80. The van der Waals surface area contributed by atoms with Crippen molar-refractivity contribution in [1.82, 2.24) is 15.2 Å². The Morgan fingerprint density at radius 1 is 1.22 bits per heavy atom. The molecule has 0 aliphatic carbocycles. The highest BCUT2D eigenvalue weighted by molar-refractivity contribution is 5.74. The monoisotopic (exact) mass is 369 g/mol. The standard InChI is InChI=1S/C21H27N3O3/c1-26-20-7-3-2-6-18(20)8-12-23-21(25)24-13-9-19(10-14-24)27-16-17-5-4-11-22-15-17/h2-7,11,15,19H,8-10,12-14,16H2,1H3,(H,23,25). The van der Waals surface area contributed by atoms with Crippen molar-refractivity contribution in [2.24, 2.45) is 0 Å². The number of hydrogen-bond donors (Lipinski definition) is 1. The van der Waals surface area contributed by atoms with Gasteiger partial charge in [0.15, 0.2) is 0 Å². The van der Waals surface area contributed by atoms with Gasteiger partial charge in [0.1, 0.15) is 5.75 Å². The lowest BCUT2D eigenvalue weighted by Gasteiger charge is -2.32. The van der Waals surface area contributed by atoms with Crippen LogP contribution in [0.1, 0.15) is 24.0 Å². The van der Waals surface area contributed by atoms with E-state index in [9.17, 15) is 4.79 Å². The highest BCUT2D eigenvalue weighted by atomic mass is 16.5. The van der Waals surface area contributed by atoms with E-state index in [1.165, 1.54) is 0 Å². The van der Waals surface area contributed by atoms with Crippen LogP contribution in [0.15, 0.2) is 48.8 Å². The summed E-state index contributed by atoms with van der Waals surface area (Å²) in [5.41, 5.74) is 2.18. The minimum absolute atomic E-state index is 0.00407. The number of para-hydroxylation sites is 1. The molecule has 1 aromatic carbocycles. The third-order valence-corrected chi connectivity index (χ3v) is 4.80. The van der Waals surface area contributed by atoms with E-state index >= 15 is 0 Å². The van der Waals surface area contributed by atoms with Gasteiger partial charge < -0.3 is 19.7 Å². The predicted molar refractivity (Wildman–Crippen MR) is 104 cm³/mol. The van der Waals surface area contributed by atoms with Gasteiger partial charge in [0.2, 0.25) is 0 Å². The molecule has 0 bridgehead atoms. The molecule has 144 valence electrons. The number of rotatable bonds is 7. The lowest BCUT2D eigenvalue weighted by atomic mass is 10.1. The van der Waals surface area contributed by atoms with Gasteiger partial charge >= 0.3 is 6.03 Å². The Morgan fingerprint density at radius 2 is 2.04 bits per heavy atom. The van der Waals surface area contributed by atoms with Crippen LogP contribution >= 0.6 is 0 Å². The first-order valence-electron chi connectivity index (χ1n) is 9.41. The number of hydrogen-bond acceptors (Lipinski definition) is 4. The number of benzene rings is 1. The van der Waals surface area contributed by atoms with Crippen molar-refractivity contribution in [3.05, 3.63) is 59.9 Å². The molecule has 0 saturated carbocycles. The number of aromatic nitrogens is 1. The fourth-order valence-corrected chi connectivity index (χ4v) is 3.25. The lowest BCUT2D eigenvalue weighted by Crippen LogP contribution is -2.46. The first kappa shape index (κ1) is 19.2. The van der Waals surface area contributed by atoms with Crippen LogP contribution in [0.3, 0.4) is 0 Å². The Morgan fingerprint density at radius 3 is 2.78 bits per heavy atom. The number of nitrogens with zero attached hydrogens (tertiary/aromatic N) is 2. The van der Waals surface area contributed by atoms with E-state index in [0.717, 1.165) is 49.2 Å². The lowest BCUT2D eigenvalue weighted by molar-refractivity contribution is 0.00438. The predicted octanol–water partition coefficient (Wildman–Crippen LogP) is 3.02. The van der Waals surface area contributed by atoms with Gasteiger partial charge in [-0.1, -0.05) is 24.3 Å². The highest BCUT2D eigenvalue weighted by Gasteiger charge is 2.23. The number of piperidine rings is 1. The number of amides is 2. The minimum Gasteiger partial charge on any atom is -0.496 e. The van der Waals surface area contributed by atoms with Gasteiger partial charge in [0.25, 0.3) is 0 Å². The van der Waals surface area contributed by atoms with Crippen LogP contribution in [0.5, 0.6) is 5.75 Å². The smallest absolute Gasteiger partial charge is 0.317 e. The van der Waals surface area contributed by atoms with E-state index in [4.69, 9.17) is 9.47 Å². The van der Waals surface area contributed by atoms with E-state index in [1.54, 1.807) is 13.3 Å². The molecular weight excluding hydrogens is 342 g/mol. The molecule has 2 aromatic rings. The average Bonchev–Trinajstić information content (AvgIpc) is 2.73.